The molecule has 0 aliphatic carbocycles. The molecule has 3 aromatic rings. The molecular formula is C11H10N6O2S2. The van der Waals surface area contributed by atoms with Crippen molar-refractivity contribution in [2.45, 2.75) is 0 Å². The van der Waals surface area contributed by atoms with E-state index in [0.717, 1.165) is 0 Å². The standard InChI is InChI=1S/C9H7N3O2S.C2H3N3S/c13-9(11-8-12-10-6-15-8)14-7-4-2-1-3-5-7;3-2-5-4-1-6-2/h1-6H,(H,11,12,13);1H,(H2,3,5). The highest BCUT2D eigenvalue weighted by molar-refractivity contribution is 7.13. The van der Waals surface area contributed by atoms with Gasteiger partial charge in [0.2, 0.25) is 10.3 Å². The van der Waals surface area contributed by atoms with Gasteiger partial charge < -0.3 is 10.5 Å². The molecular weight excluding hydrogens is 312 g/mol. The lowest BCUT2D eigenvalue weighted by molar-refractivity contribution is 0.215. The van der Waals surface area contributed by atoms with Crippen LogP contribution in [0.25, 0.3) is 0 Å². The number of carbonyl (C=O) groups excluding carboxylic acids is 1. The van der Waals surface area contributed by atoms with E-state index in [1.54, 1.807) is 29.8 Å². The van der Waals surface area contributed by atoms with Gasteiger partial charge in [-0.3, -0.25) is 5.32 Å². The van der Waals surface area contributed by atoms with E-state index >= 15 is 0 Å². The van der Waals surface area contributed by atoms with Crippen molar-refractivity contribution in [2.24, 2.45) is 0 Å². The Morgan fingerprint density at radius 1 is 1.10 bits per heavy atom. The van der Waals surface area contributed by atoms with Gasteiger partial charge in [0.15, 0.2) is 0 Å². The van der Waals surface area contributed by atoms with E-state index in [2.05, 4.69) is 25.7 Å². The maximum atomic E-state index is 11.3. The highest BCUT2D eigenvalue weighted by Crippen LogP contribution is 2.11. The molecule has 0 unspecified atom stereocenters. The zero-order chi connectivity index (χ0) is 14.9. The molecule has 0 atom stereocenters. The first-order chi connectivity index (χ1) is 10.2. The number of anilines is 2. The van der Waals surface area contributed by atoms with Crippen LogP contribution >= 0.6 is 22.7 Å². The molecule has 0 fully saturated rings. The first-order valence-corrected chi connectivity index (χ1v) is 7.31. The van der Waals surface area contributed by atoms with Crippen molar-refractivity contribution < 1.29 is 9.53 Å². The second-order valence-corrected chi connectivity index (χ2v) is 5.05. The zero-order valence-corrected chi connectivity index (χ0v) is 12.2. The number of ether oxygens (including phenoxy) is 1. The molecule has 2 aromatic heterocycles. The van der Waals surface area contributed by atoms with Crippen LogP contribution in [0, 0.1) is 0 Å². The Hall–Kier alpha value is -2.59. The van der Waals surface area contributed by atoms with E-state index in [1.165, 1.54) is 28.2 Å². The monoisotopic (exact) mass is 322 g/mol. The van der Waals surface area contributed by atoms with E-state index in [0.29, 0.717) is 16.0 Å². The van der Waals surface area contributed by atoms with E-state index in [-0.39, 0.29) is 0 Å². The minimum absolute atomic E-state index is 0.413. The van der Waals surface area contributed by atoms with Crippen LogP contribution in [0.4, 0.5) is 15.1 Å². The number of aromatic nitrogens is 4. The molecule has 1 amide bonds. The van der Waals surface area contributed by atoms with Crippen LogP contribution in [0.2, 0.25) is 0 Å². The van der Waals surface area contributed by atoms with Gasteiger partial charge in [0, 0.05) is 0 Å². The molecule has 3 rings (SSSR count). The summed E-state index contributed by atoms with van der Waals surface area (Å²) in [5.41, 5.74) is 8.24. The molecule has 0 saturated carbocycles. The second-order valence-electron chi connectivity index (χ2n) is 3.35. The first kappa shape index (κ1) is 14.8. The van der Waals surface area contributed by atoms with E-state index < -0.39 is 6.09 Å². The van der Waals surface area contributed by atoms with Crippen molar-refractivity contribution in [1.29, 1.82) is 0 Å². The fraction of sp³-hybridized carbons (Fsp3) is 0. The second kappa shape index (κ2) is 7.87. The molecule has 0 saturated heterocycles. The van der Waals surface area contributed by atoms with Gasteiger partial charge in [-0.25, -0.2) is 4.79 Å². The quantitative estimate of drug-likeness (QED) is 0.743. The highest BCUT2D eigenvalue weighted by Gasteiger charge is 2.06. The summed E-state index contributed by atoms with van der Waals surface area (Å²) < 4.78 is 4.98. The number of carbonyl (C=O) groups is 1. The summed E-state index contributed by atoms with van der Waals surface area (Å²) in [5, 5.41) is 17.6. The first-order valence-electron chi connectivity index (χ1n) is 5.55. The van der Waals surface area contributed by atoms with E-state index in [4.69, 9.17) is 10.5 Å². The van der Waals surface area contributed by atoms with Gasteiger partial charge in [-0.1, -0.05) is 40.9 Å². The molecule has 0 aliphatic heterocycles. The predicted octanol–water partition coefficient (Wildman–Crippen LogP) is 2.27. The number of nitrogens with one attached hydrogen (secondary N) is 1. The van der Waals surface area contributed by atoms with E-state index in [9.17, 15) is 4.79 Å². The number of hydrogen-bond acceptors (Lipinski definition) is 9. The molecule has 0 radical (unpaired) electrons. The third kappa shape index (κ3) is 5.50. The summed E-state index contributed by atoms with van der Waals surface area (Å²) in [6.45, 7) is 0. The van der Waals surface area contributed by atoms with Crippen molar-refractivity contribution in [2.75, 3.05) is 11.1 Å². The van der Waals surface area contributed by atoms with Crippen LogP contribution in [0.3, 0.4) is 0 Å². The van der Waals surface area contributed by atoms with Crippen molar-refractivity contribution in [3.63, 3.8) is 0 Å². The molecule has 2 heterocycles. The van der Waals surface area contributed by atoms with Crippen LogP contribution in [-0.2, 0) is 0 Å². The van der Waals surface area contributed by atoms with Crippen LogP contribution in [-0.4, -0.2) is 26.5 Å². The van der Waals surface area contributed by atoms with Crippen LogP contribution in [0.1, 0.15) is 0 Å². The zero-order valence-electron chi connectivity index (χ0n) is 10.5. The third-order valence-corrected chi connectivity index (χ3v) is 3.03. The Labute approximate surface area is 127 Å². The Morgan fingerprint density at radius 3 is 2.33 bits per heavy atom. The number of nitrogens with two attached hydrogens (primary N) is 1. The van der Waals surface area contributed by atoms with Gasteiger partial charge in [-0.15, -0.1) is 20.4 Å². The lowest BCUT2D eigenvalue weighted by Gasteiger charge is -2.02. The van der Waals surface area contributed by atoms with Crippen molar-refractivity contribution in [3.05, 3.63) is 41.4 Å². The van der Waals surface area contributed by atoms with Crippen LogP contribution in [0.15, 0.2) is 41.4 Å². The van der Waals surface area contributed by atoms with Gasteiger partial charge >= 0.3 is 6.09 Å². The van der Waals surface area contributed by atoms with Crippen molar-refractivity contribution >= 4 is 39.0 Å². The van der Waals surface area contributed by atoms with Gasteiger partial charge in [-0.2, -0.15) is 0 Å². The SMILES string of the molecule is Nc1nncs1.O=C(Nc1nncs1)Oc1ccccc1. The number of amides is 1. The lowest BCUT2D eigenvalue weighted by atomic mass is 10.3. The summed E-state index contributed by atoms with van der Waals surface area (Å²) in [6, 6.07) is 8.80. The Kier molecular flexibility index (Phi) is 5.55. The molecule has 0 bridgehead atoms. The molecule has 0 spiro atoms. The number of para-hydroxylation sites is 1. The Morgan fingerprint density at radius 2 is 1.81 bits per heavy atom. The minimum atomic E-state index is -0.571. The van der Waals surface area contributed by atoms with Gasteiger partial charge in [0.05, 0.1) is 0 Å². The molecule has 10 heteroatoms. The fourth-order valence-electron chi connectivity index (χ4n) is 1.12. The summed E-state index contributed by atoms with van der Waals surface area (Å²) in [6.07, 6.45) is -0.571. The van der Waals surface area contributed by atoms with Crippen molar-refractivity contribution in [1.82, 2.24) is 20.4 Å². The number of hydrogen-bond donors (Lipinski definition) is 2. The summed E-state index contributed by atoms with van der Waals surface area (Å²) in [4.78, 5) is 11.3. The Bertz CT molecular complexity index is 645. The highest BCUT2D eigenvalue weighted by atomic mass is 32.1. The molecule has 0 aliphatic rings. The average Bonchev–Trinajstić information content (AvgIpc) is 3.14. The van der Waals surface area contributed by atoms with Gasteiger partial charge in [-0.05, 0) is 12.1 Å². The minimum Gasteiger partial charge on any atom is -0.410 e. The lowest BCUT2D eigenvalue weighted by Crippen LogP contribution is -2.16. The smallest absolute Gasteiger partial charge is 0.410 e. The molecule has 108 valence electrons. The normalized spacial score (nSPS) is 9.33. The number of rotatable bonds is 2. The number of benzene rings is 1. The predicted molar refractivity (Wildman–Crippen MR) is 80.3 cm³/mol. The van der Waals surface area contributed by atoms with E-state index in [1.807, 2.05) is 6.07 Å². The molecule has 3 N–H and O–H groups in total. The summed E-state index contributed by atoms with van der Waals surface area (Å²) in [5.74, 6) is 0.486. The van der Waals surface area contributed by atoms with Crippen LogP contribution < -0.4 is 15.8 Å². The van der Waals surface area contributed by atoms with Crippen molar-refractivity contribution in [3.8, 4) is 5.75 Å². The van der Waals surface area contributed by atoms with Gasteiger partial charge in [0.25, 0.3) is 0 Å². The van der Waals surface area contributed by atoms with Crippen LogP contribution in [0.5, 0.6) is 5.75 Å². The molecule has 1 aromatic carbocycles. The summed E-state index contributed by atoms with van der Waals surface area (Å²) >= 11 is 2.56. The topological polar surface area (TPSA) is 116 Å². The maximum absolute atomic E-state index is 11.3. The van der Waals surface area contributed by atoms with Gasteiger partial charge in [0.1, 0.15) is 16.8 Å². The number of nitrogen functional groups attached to an aromatic ring is 1. The number of nitrogens with zero attached hydrogens (tertiary/aromatic N) is 4. The Balaban J connectivity index is 0.000000225. The summed E-state index contributed by atoms with van der Waals surface area (Å²) in [7, 11) is 0. The molecule has 21 heavy (non-hydrogen) atoms. The third-order valence-electron chi connectivity index (χ3n) is 1.90. The average molecular weight is 322 g/mol. The fourth-order valence-corrected chi connectivity index (χ4v) is 1.84. The largest absolute Gasteiger partial charge is 0.418 e. The molecule has 8 nitrogen and oxygen atoms in total. The maximum Gasteiger partial charge on any atom is 0.418 e.